The second-order valence-corrected chi connectivity index (χ2v) is 8.40. The smallest absolute Gasteiger partial charge is 0.244 e. The Morgan fingerprint density at radius 1 is 1.38 bits per heavy atom. The van der Waals surface area contributed by atoms with E-state index in [1.807, 2.05) is 0 Å². The number of hydrogen-bond donors (Lipinski definition) is 0. The van der Waals surface area contributed by atoms with Crippen molar-refractivity contribution >= 4 is 38.4 Å². The van der Waals surface area contributed by atoms with Crippen LogP contribution in [0.25, 0.3) is 0 Å². The molecule has 1 amide bonds. The van der Waals surface area contributed by atoms with Gasteiger partial charge < -0.3 is 4.90 Å². The number of hydrogen-bond acceptors (Lipinski definition) is 4. The number of amidine groups is 1. The molecule has 2 aliphatic rings. The van der Waals surface area contributed by atoms with Gasteiger partial charge in [-0.25, -0.2) is 12.8 Å². The highest BCUT2D eigenvalue weighted by Gasteiger charge is 2.49. The number of thioether (sulfide) groups is 1. The molecule has 112 valence electrons. The second-order valence-electron chi connectivity index (χ2n) is 5.04. The molecule has 2 fully saturated rings. The van der Waals surface area contributed by atoms with Crippen molar-refractivity contribution in [3.63, 3.8) is 0 Å². The topological polar surface area (TPSA) is 66.8 Å². The van der Waals surface area contributed by atoms with Gasteiger partial charge in [-0.1, -0.05) is 23.9 Å². The third kappa shape index (κ3) is 2.69. The zero-order chi connectivity index (χ0) is 15.2. The van der Waals surface area contributed by atoms with Crippen LogP contribution in [0.1, 0.15) is 6.92 Å². The molecular weight excluding hydrogens is 315 g/mol. The van der Waals surface area contributed by atoms with Gasteiger partial charge >= 0.3 is 0 Å². The number of carbonyl (C=O) groups is 1. The van der Waals surface area contributed by atoms with E-state index in [1.165, 1.54) is 24.8 Å². The molecule has 2 saturated heterocycles. The van der Waals surface area contributed by atoms with Crippen LogP contribution in [0.5, 0.6) is 0 Å². The summed E-state index contributed by atoms with van der Waals surface area (Å²) in [5, 5.41) is 0.158. The van der Waals surface area contributed by atoms with Crippen molar-refractivity contribution in [2.24, 2.45) is 4.99 Å². The maximum atomic E-state index is 14.1. The van der Waals surface area contributed by atoms with Crippen LogP contribution in [-0.2, 0) is 14.6 Å². The Labute approximate surface area is 126 Å². The Morgan fingerprint density at radius 2 is 2.10 bits per heavy atom. The predicted molar refractivity (Wildman–Crippen MR) is 80.8 cm³/mol. The quantitative estimate of drug-likeness (QED) is 0.780. The molecule has 0 saturated carbocycles. The highest BCUT2D eigenvalue weighted by Crippen LogP contribution is 2.41. The number of sulfone groups is 1. The molecule has 1 aromatic rings. The summed E-state index contributed by atoms with van der Waals surface area (Å²) < 4.78 is 37.7. The molecular formula is C13H13FN2O3S2. The third-order valence-corrected chi connectivity index (χ3v) is 6.64. The van der Waals surface area contributed by atoms with E-state index >= 15 is 0 Å². The van der Waals surface area contributed by atoms with E-state index in [0.717, 1.165) is 0 Å². The lowest BCUT2D eigenvalue weighted by atomic mass is 10.2. The van der Waals surface area contributed by atoms with E-state index in [9.17, 15) is 17.6 Å². The summed E-state index contributed by atoms with van der Waals surface area (Å²) in [6.07, 6.45) is 0. The molecule has 3 rings (SSSR count). The molecule has 0 aromatic heterocycles. The van der Waals surface area contributed by atoms with Gasteiger partial charge in [0.25, 0.3) is 0 Å². The number of halogens is 1. The van der Waals surface area contributed by atoms with Crippen LogP contribution in [0.4, 0.5) is 10.1 Å². The first kappa shape index (κ1) is 14.5. The second kappa shape index (κ2) is 5.10. The summed E-state index contributed by atoms with van der Waals surface area (Å²) in [6, 6.07) is 5.73. The van der Waals surface area contributed by atoms with E-state index in [-0.39, 0.29) is 34.4 Å². The van der Waals surface area contributed by atoms with Crippen LogP contribution in [0.2, 0.25) is 0 Å². The molecule has 0 spiro atoms. The molecule has 8 heteroatoms. The van der Waals surface area contributed by atoms with E-state index in [0.29, 0.717) is 5.17 Å². The van der Waals surface area contributed by atoms with Crippen molar-refractivity contribution in [1.29, 1.82) is 0 Å². The van der Waals surface area contributed by atoms with Crippen molar-refractivity contribution in [3.05, 3.63) is 30.1 Å². The number of fused-ring (bicyclic) bond motifs is 1. The fourth-order valence-corrected chi connectivity index (χ4v) is 6.58. The summed E-state index contributed by atoms with van der Waals surface area (Å²) in [7, 11) is -3.14. The number of amides is 1. The van der Waals surface area contributed by atoms with Gasteiger partial charge in [-0.15, -0.1) is 0 Å². The molecule has 0 unspecified atom stereocenters. The molecule has 1 aromatic carbocycles. The number of para-hydroxylation sites is 1. The molecule has 0 bridgehead atoms. The summed E-state index contributed by atoms with van der Waals surface area (Å²) in [5.74, 6) is -0.860. The van der Waals surface area contributed by atoms with Crippen molar-refractivity contribution in [2.75, 3.05) is 16.4 Å². The van der Waals surface area contributed by atoms with Crippen LogP contribution in [0, 0.1) is 5.82 Å². The van der Waals surface area contributed by atoms with E-state index in [2.05, 4.69) is 4.99 Å². The zero-order valence-electron chi connectivity index (χ0n) is 11.2. The first-order valence-corrected chi connectivity index (χ1v) is 9.07. The van der Waals surface area contributed by atoms with Gasteiger partial charge in [0.15, 0.2) is 15.0 Å². The van der Waals surface area contributed by atoms with Crippen molar-refractivity contribution in [3.8, 4) is 0 Å². The molecule has 2 aliphatic heterocycles. The van der Waals surface area contributed by atoms with Gasteiger partial charge in [-0.2, -0.15) is 4.99 Å². The first-order chi connectivity index (χ1) is 9.87. The van der Waals surface area contributed by atoms with Crippen LogP contribution in [-0.4, -0.2) is 42.3 Å². The van der Waals surface area contributed by atoms with Crippen molar-refractivity contribution in [1.82, 2.24) is 0 Å². The lowest BCUT2D eigenvalue weighted by molar-refractivity contribution is -0.115. The SMILES string of the molecule is CC(=O)N=C1S[C@@H]2CS(=O)(=O)C[C@@H]2N1c1ccccc1F. The average Bonchev–Trinajstić information content (AvgIpc) is 2.81. The van der Waals surface area contributed by atoms with Gasteiger partial charge in [0.05, 0.1) is 23.2 Å². The Balaban J connectivity index is 2.07. The third-order valence-electron chi connectivity index (χ3n) is 3.43. The van der Waals surface area contributed by atoms with Crippen LogP contribution in [0.3, 0.4) is 0 Å². The molecule has 2 heterocycles. The van der Waals surface area contributed by atoms with Gasteiger partial charge in [0.1, 0.15) is 5.82 Å². The molecule has 0 radical (unpaired) electrons. The van der Waals surface area contributed by atoms with Crippen LogP contribution >= 0.6 is 11.8 Å². The van der Waals surface area contributed by atoms with Gasteiger partial charge in [0.2, 0.25) is 5.91 Å². The summed E-state index contributed by atoms with van der Waals surface area (Å²) in [5.41, 5.74) is 0.259. The minimum absolute atomic E-state index is 0.0320. The highest BCUT2D eigenvalue weighted by atomic mass is 32.2. The summed E-state index contributed by atoms with van der Waals surface area (Å²) in [4.78, 5) is 16.7. The van der Waals surface area contributed by atoms with E-state index < -0.39 is 15.7 Å². The van der Waals surface area contributed by atoms with Crippen molar-refractivity contribution in [2.45, 2.75) is 18.2 Å². The van der Waals surface area contributed by atoms with Crippen LogP contribution in [0.15, 0.2) is 29.3 Å². The number of aliphatic imine (C=N–C) groups is 1. The van der Waals surface area contributed by atoms with Gasteiger partial charge in [-0.05, 0) is 12.1 Å². The predicted octanol–water partition coefficient (Wildman–Crippen LogP) is 1.45. The molecule has 2 atom stereocenters. The monoisotopic (exact) mass is 328 g/mol. The maximum absolute atomic E-state index is 14.1. The number of nitrogens with zero attached hydrogens (tertiary/aromatic N) is 2. The molecule has 0 aliphatic carbocycles. The minimum Gasteiger partial charge on any atom is -0.313 e. The average molecular weight is 328 g/mol. The van der Waals surface area contributed by atoms with E-state index in [1.54, 1.807) is 23.1 Å². The van der Waals surface area contributed by atoms with Gasteiger partial charge in [0, 0.05) is 12.2 Å². The Hall–Kier alpha value is -1.41. The van der Waals surface area contributed by atoms with E-state index in [4.69, 9.17) is 0 Å². The zero-order valence-corrected chi connectivity index (χ0v) is 12.8. The standard InChI is InChI=1S/C13H13FN2O3S2/c1-8(17)15-13-16(10-5-3-2-4-9(10)14)11-6-21(18,19)7-12(11)20-13/h2-5,11-12H,6-7H2,1H3/t11-,12+/m0/s1. The van der Waals surface area contributed by atoms with Gasteiger partial charge in [-0.3, -0.25) is 4.79 Å². The number of rotatable bonds is 1. The Kier molecular flexibility index (Phi) is 3.53. The normalized spacial score (nSPS) is 28.9. The fraction of sp³-hybridized carbons (Fsp3) is 0.385. The molecule has 0 N–H and O–H groups in total. The Morgan fingerprint density at radius 3 is 2.76 bits per heavy atom. The molecule has 21 heavy (non-hydrogen) atoms. The first-order valence-electron chi connectivity index (χ1n) is 6.37. The number of benzene rings is 1. The maximum Gasteiger partial charge on any atom is 0.244 e. The lowest BCUT2D eigenvalue weighted by Gasteiger charge is -2.24. The summed E-state index contributed by atoms with van der Waals surface area (Å²) >= 11 is 1.23. The largest absolute Gasteiger partial charge is 0.313 e. The Bertz CT molecular complexity index is 733. The lowest BCUT2D eigenvalue weighted by Crippen LogP contribution is -2.38. The molecule has 5 nitrogen and oxygen atoms in total. The van der Waals surface area contributed by atoms with Crippen LogP contribution < -0.4 is 4.90 Å². The highest BCUT2D eigenvalue weighted by molar-refractivity contribution is 8.16. The fourth-order valence-electron chi connectivity index (χ4n) is 2.63. The number of carbonyl (C=O) groups excluding carboxylic acids is 1. The van der Waals surface area contributed by atoms with Crippen molar-refractivity contribution < 1.29 is 17.6 Å². The number of anilines is 1. The summed E-state index contributed by atoms with van der Waals surface area (Å²) in [6.45, 7) is 1.32. The minimum atomic E-state index is -3.14.